The largest absolute Gasteiger partial charge is 0.493 e. The highest BCUT2D eigenvalue weighted by Gasteiger charge is 2.07. The number of benzene rings is 1. The molecule has 0 aliphatic carbocycles. The van der Waals surface area contributed by atoms with Crippen molar-refractivity contribution in [1.82, 2.24) is 14.9 Å². The van der Waals surface area contributed by atoms with Crippen molar-refractivity contribution in [2.24, 2.45) is 5.10 Å². The molecule has 7 heteroatoms. The monoisotopic (exact) mass is 306 g/mol. The van der Waals surface area contributed by atoms with Crippen LogP contribution in [-0.4, -0.2) is 41.1 Å². The quantitative estimate of drug-likeness (QED) is 0.606. The van der Waals surface area contributed by atoms with Gasteiger partial charge in [-0.1, -0.05) is 11.8 Å². The van der Waals surface area contributed by atoms with E-state index in [1.54, 1.807) is 18.0 Å². The van der Waals surface area contributed by atoms with Gasteiger partial charge in [0.25, 0.3) is 0 Å². The fraction of sp³-hybridized carbons (Fsp3) is 0.357. The van der Waals surface area contributed by atoms with Crippen molar-refractivity contribution in [3.05, 3.63) is 29.6 Å². The fourth-order valence-corrected chi connectivity index (χ4v) is 2.24. The third-order valence-electron chi connectivity index (χ3n) is 2.76. The maximum atomic E-state index is 5.49. The summed E-state index contributed by atoms with van der Waals surface area (Å²) in [6.07, 6.45) is 3.68. The van der Waals surface area contributed by atoms with E-state index in [-0.39, 0.29) is 0 Å². The lowest BCUT2D eigenvalue weighted by molar-refractivity contribution is 0.311. The molecule has 21 heavy (non-hydrogen) atoms. The van der Waals surface area contributed by atoms with Crippen LogP contribution in [0.2, 0.25) is 0 Å². The Bertz CT molecular complexity index is 640. The van der Waals surface area contributed by atoms with E-state index in [0.717, 1.165) is 22.3 Å². The molecule has 0 saturated heterocycles. The smallest absolute Gasteiger partial charge is 0.211 e. The van der Waals surface area contributed by atoms with Gasteiger partial charge in [-0.3, -0.25) is 0 Å². The molecule has 112 valence electrons. The maximum absolute atomic E-state index is 5.49. The second-order valence-electron chi connectivity index (χ2n) is 4.13. The topological polar surface area (TPSA) is 61.5 Å². The van der Waals surface area contributed by atoms with E-state index in [2.05, 4.69) is 15.3 Å². The van der Waals surface area contributed by atoms with Crippen LogP contribution in [0.3, 0.4) is 0 Å². The van der Waals surface area contributed by atoms with Crippen LogP contribution in [0.4, 0.5) is 0 Å². The van der Waals surface area contributed by atoms with Gasteiger partial charge in [-0.05, 0) is 43.9 Å². The Hall–Kier alpha value is -2.02. The number of aryl methyl sites for hydroxylation is 1. The number of ether oxygens (including phenoxy) is 2. The van der Waals surface area contributed by atoms with Gasteiger partial charge in [-0.2, -0.15) is 9.78 Å². The van der Waals surface area contributed by atoms with Crippen molar-refractivity contribution >= 4 is 18.0 Å². The summed E-state index contributed by atoms with van der Waals surface area (Å²) in [6.45, 7) is 4.40. The first-order valence-electron chi connectivity index (χ1n) is 6.50. The van der Waals surface area contributed by atoms with Crippen LogP contribution < -0.4 is 9.47 Å². The lowest BCUT2D eigenvalue weighted by Crippen LogP contribution is -1.98. The lowest BCUT2D eigenvalue weighted by atomic mass is 10.2. The molecule has 6 nitrogen and oxygen atoms in total. The number of aromatic nitrogens is 3. The van der Waals surface area contributed by atoms with Crippen LogP contribution >= 0.6 is 11.8 Å². The van der Waals surface area contributed by atoms with Crippen LogP contribution in [0, 0.1) is 6.92 Å². The number of methoxy groups -OCH3 is 1. The first-order chi connectivity index (χ1) is 10.2. The molecule has 2 aromatic rings. The van der Waals surface area contributed by atoms with Crippen LogP contribution in [0.15, 0.2) is 28.5 Å². The summed E-state index contributed by atoms with van der Waals surface area (Å²) in [5, 5.41) is 13.2. The second kappa shape index (κ2) is 7.12. The molecule has 2 rings (SSSR count). The van der Waals surface area contributed by atoms with Gasteiger partial charge >= 0.3 is 0 Å². The van der Waals surface area contributed by atoms with E-state index in [1.165, 1.54) is 11.8 Å². The molecule has 0 atom stereocenters. The van der Waals surface area contributed by atoms with Gasteiger partial charge in [-0.15, -0.1) is 10.2 Å². The van der Waals surface area contributed by atoms with Gasteiger partial charge in [-0.25, -0.2) is 0 Å². The predicted octanol–water partition coefficient (Wildman–Crippen LogP) is 2.60. The van der Waals surface area contributed by atoms with Gasteiger partial charge in [0.15, 0.2) is 17.3 Å². The molecule has 0 bridgehead atoms. The summed E-state index contributed by atoms with van der Waals surface area (Å²) in [7, 11) is 1.62. The predicted molar refractivity (Wildman–Crippen MR) is 83.7 cm³/mol. The minimum atomic E-state index is 0.598. The Morgan fingerprint density at radius 1 is 1.33 bits per heavy atom. The number of rotatable bonds is 6. The first kappa shape index (κ1) is 15.4. The van der Waals surface area contributed by atoms with Crippen molar-refractivity contribution in [2.45, 2.75) is 19.0 Å². The summed E-state index contributed by atoms with van der Waals surface area (Å²) < 4.78 is 12.5. The Morgan fingerprint density at radius 2 is 2.14 bits per heavy atom. The van der Waals surface area contributed by atoms with Crippen LogP contribution in [-0.2, 0) is 0 Å². The summed E-state index contributed by atoms with van der Waals surface area (Å²) in [5.74, 6) is 2.15. The average molecular weight is 306 g/mol. The Morgan fingerprint density at radius 3 is 2.81 bits per heavy atom. The van der Waals surface area contributed by atoms with Crippen molar-refractivity contribution in [2.75, 3.05) is 20.0 Å². The fourth-order valence-electron chi connectivity index (χ4n) is 1.76. The van der Waals surface area contributed by atoms with Crippen LogP contribution in [0.1, 0.15) is 18.3 Å². The van der Waals surface area contributed by atoms with E-state index >= 15 is 0 Å². The maximum Gasteiger partial charge on any atom is 0.211 e. The van der Waals surface area contributed by atoms with Gasteiger partial charge in [0.2, 0.25) is 5.16 Å². The van der Waals surface area contributed by atoms with Crippen LogP contribution in [0.5, 0.6) is 11.5 Å². The molecular formula is C14H18N4O2S. The van der Waals surface area contributed by atoms with Crippen LogP contribution in [0.25, 0.3) is 0 Å². The molecule has 0 aliphatic rings. The number of hydrogen-bond donors (Lipinski definition) is 0. The summed E-state index contributed by atoms with van der Waals surface area (Å²) in [5.41, 5.74) is 0.912. The van der Waals surface area contributed by atoms with Crippen molar-refractivity contribution in [3.63, 3.8) is 0 Å². The molecule has 0 aliphatic heterocycles. The molecule has 1 heterocycles. The van der Waals surface area contributed by atoms with Gasteiger partial charge < -0.3 is 9.47 Å². The van der Waals surface area contributed by atoms with Crippen molar-refractivity contribution in [3.8, 4) is 11.5 Å². The molecule has 1 aromatic heterocycles. The second-order valence-corrected chi connectivity index (χ2v) is 4.91. The first-order valence-corrected chi connectivity index (χ1v) is 7.73. The molecule has 0 unspecified atom stereocenters. The Kier molecular flexibility index (Phi) is 5.21. The van der Waals surface area contributed by atoms with E-state index < -0.39 is 0 Å². The molecule has 1 aromatic carbocycles. The zero-order valence-electron chi connectivity index (χ0n) is 12.5. The molecule has 0 saturated carbocycles. The zero-order valence-corrected chi connectivity index (χ0v) is 13.3. The van der Waals surface area contributed by atoms with Crippen molar-refractivity contribution in [1.29, 1.82) is 0 Å². The molecular weight excluding hydrogens is 288 g/mol. The number of hydrogen-bond acceptors (Lipinski definition) is 6. The van der Waals surface area contributed by atoms with E-state index in [9.17, 15) is 0 Å². The molecule has 0 radical (unpaired) electrons. The normalized spacial score (nSPS) is 11.0. The minimum absolute atomic E-state index is 0.598. The molecule has 0 fully saturated rings. The third-order valence-corrected chi connectivity index (χ3v) is 3.38. The van der Waals surface area contributed by atoms with Gasteiger partial charge in [0, 0.05) is 0 Å². The van der Waals surface area contributed by atoms with E-state index in [4.69, 9.17) is 9.47 Å². The molecule has 0 N–H and O–H groups in total. The van der Waals surface area contributed by atoms with E-state index in [1.807, 2.05) is 38.3 Å². The summed E-state index contributed by atoms with van der Waals surface area (Å²) in [6, 6.07) is 5.68. The summed E-state index contributed by atoms with van der Waals surface area (Å²) >= 11 is 1.50. The highest BCUT2D eigenvalue weighted by molar-refractivity contribution is 7.98. The number of nitrogens with zero attached hydrogens (tertiary/aromatic N) is 4. The minimum Gasteiger partial charge on any atom is -0.493 e. The standard InChI is InChI=1S/C14H18N4O2S/c1-5-20-12-7-6-11(8-13(12)19-3)9-15-18-10(2)16-17-14(18)21-4/h6-9H,5H2,1-4H3/b15-9-. The summed E-state index contributed by atoms with van der Waals surface area (Å²) in [4.78, 5) is 0. The third kappa shape index (κ3) is 3.55. The highest BCUT2D eigenvalue weighted by Crippen LogP contribution is 2.27. The lowest BCUT2D eigenvalue weighted by Gasteiger charge is -2.09. The Balaban J connectivity index is 2.26. The van der Waals surface area contributed by atoms with Crippen molar-refractivity contribution < 1.29 is 9.47 Å². The van der Waals surface area contributed by atoms with Gasteiger partial charge in [0.05, 0.1) is 19.9 Å². The Labute approximate surface area is 128 Å². The molecule has 0 spiro atoms. The number of thioether (sulfide) groups is 1. The SMILES string of the molecule is CCOc1ccc(/C=N\n2c(C)nnc2SC)cc1OC. The van der Waals surface area contributed by atoms with E-state index in [0.29, 0.717) is 12.4 Å². The molecule has 0 amide bonds. The highest BCUT2D eigenvalue weighted by atomic mass is 32.2. The zero-order chi connectivity index (χ0) is 15.2. The van der Waals surface area contributed by atoms with Gasteiger partial charge in [0.1, 0.15) is 0 Å². The average Bonchev–Trinajstić information content (AvgIpc) is 2.86.